The van der Waals surface area contributed by atoms with Gasteiger partial charge in [0.15, 0.2) is 21.7 Å². The first kappa shape index (κ1) is 16.7. The number of anilines is 1. The number of imidazole rings is 1. The standard InChI is InChI=1S/C16H18BrN5O2/c1-2-23-8-9-24-16-20-13(18)12-14(21-16)22(15(17)19-12)10-11-6-4-3-5-7-11/h3-7H,2,8-10H2,1H3,(H2,18,20,21). The molecule has 0 aliphatic heterocycles. The van der Waals surface area contributed by atoms with E-state index in [9.17, 15) is 0 Å². The molecule has 0 fully saturated rings. The van der Waals surface area contributed by atoms with Gasteiger partial charge in [-0.2, -0.15) is 9.97 Å². The molecule has 0 unspecified atom stereocenters. The highest BCUT2D eigenvalue weighted by Crippen LogP contribution is 2.25. The molecule has 0 amide bonds. The number of hydrogen-bond acceptors (Lipinski definition) is 6. The summed E-state index contributed by atoms with van der Waals surface area (Å²) in [6, 6.07) is 10.3. The van der Waals surface area contributed by atoms with Gasteiger partial charge < -0.3 is 15.2 Å². The van der Waals surface area contributed by atoms with Crippen LogP contribution in [0.2, 0.25) is 0 Å². The van der Waals surface area contributed by atoms with Crippen LogP contribution in [0.5, 0.6) is 6.01 Å². The molecule has 3 rings (SSSR count). The molecule has 7 nitrogen and oxygen atoms in total. The summed E-state index contributed by atoms with van der Waals surface area (Å²) >= 11 is 3.47. The summed E-state index contributed by atoms with van der Waals surface area (Å²) in [6.07, 6.45) is 0. The van der Waals surface area contributed by atoms with E-state index in [1.807, 2.05) is 41.8 Å². The Morgan fingerprint density at radius 2 is 1.92 bits per heavy atom. The second-order valence-corrected chi connectivity index (χ2v) is 5.77. The maximum absolute atomic E-state index is 6.00. The largest absolute Gasteiger partial charge is 0.461 e. The number of hydrogen-bond donors (Lipinski definition) is 1. The van der Waals surface area contributed by atoms with Crippen molar-refractivity contribution in [3.63, 3.8) is 0 Å². The molecular weight excluding hydrogens is 374 g/mol. The number of fused-ring (bicyclic) bond motifs is 1. The molecule has 2 heterocycles. The normalized spacial score (nSPS) is 11.1. The summed E-state index contributed by atoms with van der Waals surface area (Å²) in [5.74, 6) is 0.291. The molecular formula is C16H18BrN5O2. The van der Waals surface area contributed by atoms with Crippen molar-refractivity contribution in [2.24, 2.45) is 0 Å². The Balaban J connectivity index is 1.91. The number of aromatic nitrogens is 4. The van der Waals surface area contributed by atoms with Crippen LogP contribution in [0.1, 0.15) is 12.5 Å². The molecule has 2 N–H and O–H groups in total. The van der Waals surface area contributed by atoms with Crippen molar-refractivity contribution in [1.29, 1.82) is 0 Å². The zero-order chi connectivity index (χ0) is 16.9. The first-order valence-corrected chi connectivity index (χ1v) is 8.42. The van der Waals surface area contributed by atoms with Crippen LogP contribution in [-0.2, 0) is 11.3 Å². The molecule has 0 radical (unpaired) electrons. The highest BCUT2D eigenvalue weighted by atomic mass is 79.9. The van der Waals surface area contributed by atoms with Crippen molar-refractivity contribution in [3.8, 4) is 6.01 Å². The summed E-state index contributed by atoms with van der Waals surface area (Å²) < 4.78 is 13.3. The van der Waals surface area contributed by atoms with Crippen LogP contribution < -0.4 is 10.5 Å². The van der Waals surface area contributed by atoms with Gasteiger partial charge in [0.1, 0.15) is 6.61 Å². The summed E-state index contributed by atoms with van der Waals surface area (Å²) in [5, 5.41) is 0. The highest BCUT2D eigenvalue weighted by molar-refractivity contribution is 9.10. The van der Waals surface area contributed by atoms with Crippen LogP contribution in [-0.4, -0.2) is 39.3 Å². The molecule has 0 bridgehead atoms. The van der Waals surface area contributed by atoms with Crippen molar-refractivity contribution in [2.45, 2.75) is 13.5 Å². The van der Waals surface area contributed by atoms with Crippen LogP contribution in [0.15, 0.2) is 35.1 Å². The molecule has 0 saturated heterocycles. The average Bonchev–Trinajstić information content (AvgIpc) is 2.90. The van der Waals surface area contributed by atoms with Gasteiger partial charge in [0, 0.05) is 6.61 Å². The van der Waals surface area contributed by atoms with Crippen molar-refractivity contribution >= 4 is 32.9 Å². The van der Waals surface area contributed by atoms with Gasteiger partial charge >= 0.3 is 6.01 Å². The lowest BCUT2D eigenvalue weighted by atomic mass is 10.2. The van der Waals surface area contributed by atoms with Gasteiger partial charge in [0.2, 0.25) is 0 Å². The van der Waals surface area contributed by atoms with Gasteiger partial charge in [0.25, 0.3) is 0 Å². The first-order chi connectivity index (χ1) is 11.7. The molecule has 3 aromatic rings. The van der Waals surface area contributed by atoms with Crippen LogP contribution in [0.4, 0.5) is 5.82 Å². The maximum Gasteiger partial charge on any atom is 0.320 e. The number of nitrogens with zero attached hydrogens (tertiary/aromatic N) is 4. The van der Waals surface area contributed by atoms with Gasteiger partial charge in [0.05, 0.1) is 13.2 Å². The van der Waals surface area contributed by atoms with Gasteiger partial charge in [-0.25, -0.2) is 4.98 Å². The molecule has 24 heavy (non-hydrogen) atoms. The average molecular weight is 392 g/mol. The highest BCUT2D eigenvalue weighted by Gasteiger charge is 2.16. The van der Waals surface area contributed by atoms with Crippen molar-refractivity contribution in [3.05, 3.63) is 40.6 Å². The summed E-state index contributed by atoms with van der Waals surface area (Å²) in [4.78, 5) is 13.0. The zero-order valence-corrected chi connectivity index (χ0v) is 14.9. The fourth-order valence-corrected chi connectivity index (χ4v) is 2.75. The SMILES string of the molecule is CCOCCOc1nc(N)c2nc(Br)n(Cc3ccccc3)c2n1. The number of rotatable bonds is 7. The van der Waals surface area contributed by atoms with Crippen molar-refractivity contribution < 1.29 is 9.47 Å². The molecule has 0 aliphatic carbocycles. The summed E-state index contributed by atoms with van der Waals surface area (Å²) in [7, 11) is 0. The second-order valence-electron chi connectivity index (χ2n) is 5.06. The number of nitrogens with two attached hydrogens (primary N) is 1. The summed E-state index contributed by atoms with van der Waals surface area (Å²) in [6.45, 7) is 4.03. The van der Waals surface area contributed by atoms with Gasteiger partial charge in [-0.05, 0) is 28.4 Å². The Kier molecular flexibility index (Phi) is 5.27. The molecule has 0 atom stereocenters. The smallest absolute Gasteiger partial charge is 0.320 e. The zero-order valence-electron chi connectivity index (χ0n) is 13.3. The predicted molar refractivity (Wildman–Crippen MR) is 95.0 cm³/mol. The van der Waals surface area contributed by atoms with E-state index in [2.05, 4.69) is 30.9 Å². The maximum atomic E-state index is 6.00. The molecule has 0 spiro atoms. The van der Waals surface area contributed by atoms with Crippen LogP contribution in [0, 0.1) is 0 Å². The fourth-order valence-electron chi connectivity index (χ4n) is 2.28. The van der Waals surface area contributed by atoms with E-state index in [1.165, 1.54) is 0 Å². The van der Waals surface area contributed by atoms with E-state index in [0.29, 0.717) is 48.1 Å². The minimum absolute atomic E-state index is 0.224. The molecule has 2 aromatic heterocycles. The fraction of sp³-hybridized carbons (Fsp3) is 0.312. The minimum Gasteiger partial charge on any atom is -0.461 e. The lowest BCUT2D eigenvalue weighted by Crippen LogP contribution is -2.10. The van der Waals surface area contributed by atoms with Crippen LogP contribution >= 0.6 is 15.9 Å². The van der Waals surface area contributed by atoms with Gasteiger partial charge in [-0.3, -0.25) is 4.57 Å². The Morgan fingerprint density at radius 1 is 1.12 bits per heavy atom. The van der Waals surface area contributed by atoms with Crippen molar-refractivity contribution in [1.82, 2.24) is 19.5 Å². The van der Waals surface area contributed by atoms with E-state index >= 15 is 0 Å². The Labute approximate surface area is 148 Å². The van der Waals surface area contributed by atoms with E-state index in [0.717, 1.165) is 5.56 Å². The van der Waals surface area contributed by atoms with Gasteiger partial charge in [-0.1, -0.05) is 30.3 Å². The predicted octanol–water partition coefficient (Wildman–Crippen LogP) is 2.63. The Bertz CT molecular complexity index is 822. The Hall–Kier alpha value is -2.19. The summed E-state index contributed by atoms with van der Waals surface area (Å²) in [5.41, 5.74) is 8.32. The molecule has 0 saturated carbocycles. The first-order valence-electron chi connectivity index (χ1n) is 7.62. The third-order valence-corrected chi connectivity index (χ3v) is 4.01. The topological polar surface area (TPSA) is 88.1 Å². The monoisotopic (exact) mass is 391 g/mol. The molecule has 1 aromatic carbocycles. The van der Waals surface area contributed by atoms with Gasteiger partial charge in [-0.15, -0.1) is 0 Å². The quantitative estimate of drug-likeness (QED) is 0.491. The lowest BCUT2D eigenvalue weighted by Gasteiger charge is -2.08. The third-order valence-electron chi connectivity index (χ3n) is 3.40. The van der Waals surface area contributed by atoms with E-state index in [-0.39, 0.29) is 6.01 Å². The van der Waals surface area contributed by atoms with E-state index < -0.39 is 0 Å². The molecule has 126 valence electrons. The molecule has 0 aliphatic rings. The number of ether oxygens (including phenoxy) is 2. The van der Waals surface area contributed by atoms with Crippen LogP contribution in [0.25, 0.3) is 11.2 Å². The third kappa shape index (κ3) is 3.65. The minimum atomic E-state index is 0.224. The van der Waals surface area contributed by atoms with Crippen molar-refractivity contribution in [2.75, 3.05) is 25.6 Å². The molecule has 8 heteroatoms. The van der Waals surface area contributed by atoms with E-state index in [4.69, 9.17) is 15.2 Å². The van der Waals surface area contributed by atoms with Crippen LogP contribution in [0.3, 0.4) is 0 Å². The second kappa shape index (κ2) is 7.59. The van der Waals surface area contributed by atoms with E-state index in [1.54, 1.807) is 0 Å². The lowest BCUT2D eigenvalue weighted by molar-refractivity contribution is 0.106. The number of halogens is 1. The Morgan fingerprint density at radius 3 is 2.67 bits per heavy atom. The number of nitrogen functional groups attached to an aromatic ring is 1. The number of benzene rings is 1.